The van der Waals surface area contributed by atoms with Gasteiger partial charge in [0.05, 0.1) is 6.10 Å². The van der Waals surface area contributed by atoms with Gasteiger partial charge in [0, 0.05) is 18.3 Å². The minimum absolute atomic E-state index is 0.202. The summed E-state index contributed by atoms with van der Waals surface area (Å²) in [6, 6.07) is 0.462. The number of hydrogen-bond donors (Lipinski definition) is 2. The molecule has 14 heavy (non-hydrogen) atoms. The quantitative estimate of drug-likeness (QED) is 0.656. The molecule has 0 saturated carbocycles. The highest BCUT2D eigenvalue weighted by molar-refractivity contribution is 7.99. The van der Waals surface area contributed by atoms with Gasteiger partial charge in [0.15, 0.2) is 0 Å². The van der Waals surface area contributed by atoms with E-state index in [-0.39, 0.29) is 6.10 Å². The Bertz CT molecular complexity index is 130. The van der Waals surface area contributed by atoms with E-state index >= 15 is 0 Å². The van der Waals surface area contributed by atoms with Gasteiger partial charge in [-0.2, -0.15) is 11.8 Å². The second-order valence-electron chi connectivity index (χ2n) is 4.27. The number of rotatable bonds is 8. The molecule has 0 aromatic carbocycles. The van der Waals surface area contributed by atoms with Gasteiger partial charge in [0.2, 0.25) is 0 Å². The van der Waals surface area contributed by atoms with Crippen molar-refractivity contribution >= 4 is 11.8 Å². The first-order valence-electron chi connectivity index (χ1n) is 5.55. The zero-order valence-electron chi connectivity index (χ0n) is 9.92. The van der Waals surface area contributed by atoms with E-state index in [0.717, 1.165) is 17.4 Å². The third-order valence-electron chi connectivity index (χ3n) is 2.17. The van der Waals surface area contributed by atoms with Gasteiger partial charge in [-0.3, -0.25) is 0 Å². The van der Waals surface area contributed by atoms with E-state index in [9.17, 15) is 5.11 Å². The van der Waals surface area contributed by atoms with Crippen molar-refractivity contribution in [1.29, 1.82) is 0 Å². The van der Waals surface area contributed by atoms with E-state index in [4.69, 9.17) is 0 Å². The Balaban J connectivity index is 3.30. The van der Waals surface area contributed by atoms with Gasteiger partial charge >= 0.3 is 0 Å². The maximum atomic E-state index is 9.60. The van der Waals surface area contributed by atoms with E-state index in [0.29, 0.717) is 12.6 Å². The second-order valence-corrected chi connectivity index (χ2v) is 5.34. The molecule has 0 saturated heterocycles. The fraction of sp³-hybridized carbons (Fsp3) is 1.00. The lowest BCUT2D eigenvalue weighted by atomic mass is 10.2. The Hall–Kier alpha value is 0.270. The molecule has 2 nitrogen and oxygen atoms in total. The summed E-state index contributed by atoms with van der Waals surface area (Å²) >= 11 is 1.86. The summed E-state index contributed by atoms with van der Waals surface area (Å²) in [5.41, 5.74) is 0. The lowest BCUT2D eigenvalue weighted by molar-refractivity contribution is 0.192. The first-order chi connectivity index (χ1) is 6.56. The SMILES string of the molecule is CCC(C)CSCC(O)CNC(C)C. The van der Waals surface area contributed by atoms with Crippen molar-refractivity contribution in [2.24, 2.45) is 5.92 Å². The Morgan fingerprint density at radius 2 is 1.86 bits per heavy atom. The van der Waals surface area contributed by atoms with Gasteiger partial charge in [0.1, 0.15) is 0 Å². The molecule has 0 aliphatic rings. The number of aliphatic hydroxyl groups is 1. The smallest absolute Gasteiger partial charge is 0.0754 e. The monoisotopic (exact) mass is 219 g/mol. The van der Waals surface area contributed by atoms with Crippen LogP contribution in [-0.2, 0) is 0 Å². The van der Waals surface area contributed by atoms with Crippen LogP contribution in [0.1, 0.15) is 34.1 Å². The summed E-state index contributed by atoms with van der Waals surface area (Å²) in [5, 5.41) is 12.8. The Labute approximate surface area is 92.9 Å². The molecule has 3 heteroatoms. The number of thioether (sulfide) groups is 1. The van der Waals surface area contributed by atoms with Crippen molar-refractivity contribution in [3.63, 3.8) is 0 Å². The fourth-order valence-corrected chi connectivity index (χ4v) is 2.12. The summed E-state index contributed by atoms with van der Waals surface area (Å²) in [4.78, 5) is 0. The van der Waals surface area contributed by atoms with Crippen LogP contribution in [0.2, 0.25) is 0 Å². The highest BCUT2D eigenvalue weighted by Crippen LogP contribution is 2.11. The highest BCUT2D eigenvalue weighted by atomic mass is 32.2. The van der Waals surface area contributed by atoms with Crippen LogP contribution in [0.15, 0.2) is 0 Å². The summed E-state index contributed by atoms with van der Waals surface area (Å²) < 4.78 is 0. The van der Waals surface area contributed by atoms with E-state index in [1.165, 1.54) is 6.42 Å². The third kappa shape index (κ3) is 8.85. The molecule has 0 aliphatic heterocycles. The van der Waals surface area contributed by atoms with E-state index in [1.54, 1.807) is 0 Å². The third-order valence-corrected chi connectivity index (χ3v) is 3.60. The zero-order chi connectivity index (χ0) is 11.0. The van der Waals surface area contributed by atoms with Crippen LogP contribution < -0.4 is 5.32 Å². The summed E-state index contributed by atoms with van der Waals surface area (Å²) in [5.74, 6) is 2.78. The number of nitrogens with one attached hydrogen (secondary N) is 1. The molecule has 2 atom stereocenters. The highest BCUT2D eigenvalue weighted by Gasteiger charge is 2.06. The molecule has 0 fully saturated rings. The first-order valence-corrected chi connectivity index (χ1v) is 6.70. The van der Waals surface area contributed by atoms with Crippen molar-refractivity contribution in [2.45, 2.75) is 46.3 Å². The minimum atomic E-state index is -0.202. The lowest BCUT2D eigenvalue weighted by Crippen LogP contribution is -2.33. The van der Waals surface area contributed by atoms with Crippen LogP contribution >= 0.6 is 11.8 Å². The van der Waals surface area contributed by atoms with Gasteiger partial charge < -0.3 is 10.4 Å². The lowest BCUT2D eigenvalue weighted by Gasteiger charge is -2.14. The van der Waals surface area contributed by atoms with Crippen LogP contribution in [0.25, 0.3) is 0 Å². The first kappa shape index (κ1) is 14.3. The molecular weight excluding hydrogens is 194 g/mol. The second kappa shape index (κ2) is 8.57. The number of aliphatic hydroxyl groups excluding tert-OH is 1. The van der Waals surface area contributed by atoms with Crippen molar-refractivity contribution in [3.05, 3.63) is 0 Å². The minimum Gasteiger partial charge on any atom is -0.391 e. The Kier molecular flexibility index (Phi) is 8.73. The van der Waals surface area contributed by atoms with Crippen LogP contribution in [-0.4, -0.2) is 35.3 Å². The standard InChI is InChI=1S/C11H25NOS/c1-5-10(4)7-14-8-11(13)6-12-9(2)3/h9-13H,5-8H2,1-4H3. The average Bonchev–Trinajstić information content (AvgIpc) is 2.14. The zero-order valence-corrected chi connectivity index (χ0v) is 10.7. The van der Waals surface area contributed by atoms with Gasteiger partial charge in [-0.05, 0) is 11.7 Å². The maximum absolute atomic E-state index is 9.60. The van der Waals surface area contributed by atoms with E-state index < -0.39 is 0 Å². The molecule has 2 N–H and O–H groups in total. The summed E-state index contributed by atoms with van der Waals surface area (Å²) in [7, 11) is 0. The predicted molar refractivity (Wildman–Crippen MR) is 65.9 cm³/mol. The van der Waals surface area contributed by atoms with Crippen LogP contribution in [0, 0.1) is 5.92 Å². The molecule has 0 spiro atoms. The van der Waals surface area contributed by atoms with Crippen molar-refractivity contribution < 1.29 is 5.11 Å². The largest absolute Gasteiger partial charge is 0.391 e. The summed E-state index contributed by atoms with van der Waals surface area (Å²) in [6.07, 6.45) is 1.03. The van der Waals surface area contributed by atoms with Gasteiger partial charge in [0.25, 0.3) is 0 Å². The van der Waals surface area contributed by atoms with Crippen LogP contribution in [0.3, 0.4) is 0 Å². The van der Waals surface area contributed by atoms with Gasteiger partial charge in [-0.15, -0.1) is 0 Å². The van der Waals surface area contributed by atoms with Crippen LogP contribution in [0.4, 0.5) is 0 Å². The molecule has 0 aromatic heterocycles. The maximum Gasteiger partial charge on any atom is 0.0754 e. The molecule has 0 heterocycles. The molecule has 0 aliphatic carbocycles. The van der Waals surface area contributed by atoms with E-state index in [2.05, 4.69) is 33.0 Å². The molecule has 0 radical (unpaired) electrons. The normalized spacial score (nSPS) is 15.9. The molecular formula is C11H25NOS. The van der Waals surface area contributed by atoms with Crippen LogP contribution in [0.5, 0.6) is 0 Å². The molecule has 0 aromatic rings. The molecule has 0 bridgehead atoms. The van der Waals surface area contributed by atoms with Gasteiger partial charge in [-0.25, -0.2) is 0 Å². The molecule has 86 valence electrons. The topological polar surface area (TPSA) is 32.3 Å². The Morgan fingerprint density at radius 1 is 1.21 bits per heavy atom. The van der Waals surface area contributed by atoms with Crippen molar-refractivity contribution in [1.82, 2.24) is 5.32 Å². The molecule has 0 rings (SSSR count). The van der Waals surface area contributed by atoms with Crippen molar-refractivity contribution in [3.8, 4) is 0 Å². The summed E-state index contributed by atoms with van der Waals surface area (Å²) in [6.45, 7) is 9.37. The number of hydrogen-bond acceptors (Lipinski definition) is 3. The van der Waals surface area contributed by atoms with E-state index in [1.807, 2.05) is 11.8 Å². The van der Waals surface area contributed by atoms with Gasteiger partial charge in [-0.1, -0.05) is 34.1 Å². The molecule has 2 unspecified atom stereocenters. The Morgan fingerprint density at radius 3 is 2.36 bits per heavy atom. The predicted octanol–water partition coefficient (Wildman–Crippen LogP) is 2.12. The fourth-order valence-electron chi connectivity index (χ4n) is 0.954. The molecule has 0 amide bonds. The van der Waals surface area contributed by atoms with Crippen molar-refractivity contribution in [2.75, 3.05) is 18.1 Å². The average molecular weight is 219 g/mol.